The molecule has 1 aromatic carbocycles. The number of rotatable bonds is 1. The van der Waals surface area contributed by atoms with Crippen molar-refractivity contribution >= 4 is 5.69 Å². The van der Waals surface area contributed by atoms with Crippen LogP contribution in [0.2, 0.25) is 0 Å². The third kappa shape index (κ3) is 1.71. The first-order chi connectivity index (χ1) is 7.84. The number of nitrogens with zero attached hydrogens (tertiary/aromatic N) is 1. The fraction of sp³-hybridized carbons (Fsp3) is 0.571. The fourth-order valence-corrected chi connectivity index (χ4v) is 3.22. The molecule has 0 aromatic heterocycles. The van der Waals surface area contributed by atoms with Gasteiger partial charge in [-0.05, 0) is 43.9 Å². The second-order valence-corrected chi connectivity index (χ2v) is 5.09. The monoisotopic (exact) mass is 216 g/mol. The van der Waals surface area contributed by atoms with Gasteiger partial charge in [-0.2, -0.15) is 0 Å². The summed E-state index contributed by atoms with van der Waals surface area (Å²) >= 11 is 0. The Labute approximate surface area is 97.6 Å². The van der Waals surface area contributed by atoms with Crippen molar-refractivity contribution in [3.63, 3.8) is 0 Å². The minimum absolute atomic E-state index is 0.731. The number of piperazine rings is 1. The van der Waals surface area contributed by atoms with Crippen LogP contribution in [0, 0.1) is 6.92 Å². The van der Waals surface area contributed by atoms with Crippen molar-refractivity contribution in [3.05, 3.63) is 29.8 Å². The van der Waals surface area contributed by atoms with Gasteiger partial charge in [-0.15, -0.1) is 0 Å². The van der Waals surface area contributed by atoms with Crippen molar-refractivity contribution in [2.45, 2.75) is 38.3 Å². The van der Waals surface area contributed by atoms with Crippen LogP contribution in [-0.2, 0) is 0 Å². The molecule has 0 bridgehead atoms. The topological polar surface area (TPSA) is 15.3 Å². The third-order valence-corrected chi connectivity index (χ3v) is 3.97. The Bertz CT molecular complexity index is 375. The molecule has 2 nitrogen and oxygen atoms in total. The highest BCUT2D eigenvalue weighted by molar-refractivity contribution is 5.50. The second-order valence-electron chi connectivity index (χ2n) is 5.09. The quantitative estimate of drug-likeness (QED) is 0.775. The van der Waals surface area contributed by atoms with Crippen molar-refractivity contribution in [1.82, 2.24) is 5.32 Å². The van der Waals surface area contributed by atoms with Gasteiger partial charge in [0, 0.05) is 30.9 Å². The zero-order valence-corrected chi connectivity index (χ0v) is 9.95. The molecule has 1 heterocycles. The molecule has 2 atom stereocenters. The van der Waals surface area contributed by atoms with Crippen molar-refractivity contribution in [2.75, 3.05) is 18.0 Å². The molecule has 0 unspecified atom stereocenters. The maximum atomic E-state index is 3.65. The highest BCUT2D eigenvalue weighted by atomic mass is 15.2. The molecule has 1 aromatic rings. The van der Waals surface area contributed by atoms with E-state index in [4.69, 9.17) is 0 Å². The van der Waals surface area contributed by atoms with E-state index < -0.39 is 0 Å². The van der Waals surface area contributed by atoms with Crippen LogP contribution in [0.25, 0.3) is 0 Å². The zero-order chi connectivity index (χ0) is 11.0. The molecule has 1 saturated heterocycles. The Kier molecular flexibility index (Phi) is 2.60. The first-order valence-electron chi connectivity index (χ1n) is 6.41. The van der Waals surface area contributed by atoms with E-state index in [0.717, 1.165) is 25.2 Å². The van der Waals surface area contributed by atoms with E-state index in [9.17, 15) is 0 Å². The third-order valence-electron chi connectivity index (χ3n) is 3.97. The summed E-state index contributed by atoms with van der Waals surface area (Å²) in [6.45, 7) is 4.47. The Morgan fingerprint density at radius 1 is 1.31 bits per heavy atom. The highest BCUT2D eigenvalue weighted by Gasteiger charge is 2.34. The molecule has 1 aliphatic carbocycles. The number of nitrogens with one attached hydrogen (secondary N) is 1. The van der Waals surface area contributed by atoms with Gasteiger partial charge in [-0.25, -0.2) is 0 Å². The standard InChI is InChI=1S/C14H20N2/c1-11-4-2-5-12(10-11)16-9-8-15-13-6-3-7-14(13)16/h2,4-5,10,13-15H,3,6-9H2,1H3/t13-,14-/m1/s1. The largest absolute Gasteiger partial charge is 0.366 e. The van der Waals surface area contributed by atoms with Gasteiger partial charge < -0.3 is 10.2 Å². The van der Waals surface area contributed by atoms with Gasteiger partial charge in [0.15, 0.2) is 0 Å². The van der Waals surface area contributed by atoms with Crippen LogP contribution < -0.4 is 10.2 Å². The lowest BCUT2D eigenvalue weighted by Crippen LogP contribution is -2.55. The van der Waals surface area contributed by atoms with E-state index in [1.165, 1.54) is 30.5 Å². The maximum Gasteiger partial charge on any atom is 0.0443 e. The molecule has 86 valence electrons. The van der Waals surface area contributed by atoms with E-state index in [1.54, 1.807) is 0 Å². The van der Waals surface area contributed by atoms with Gasteiger partial charge in [0.05, 0.1) is 0 Å². The molecule has 2 aliphatic rings. The van der Waals surface area contributed by atoms with Gasteiger partial charge in [-0.1, -0.05) is 12.1 Å². The number of anilines is 1. The Balaban J connectivity index is 1.88. The summed E-state index contributed by atoms with van der Waals surface area (Å²) in [5.41, 5.74) is 2.78. The predicted molar refractivity (Wildman–Crippen MR) is 68.0 cm³/mol. The lowest BCUT2D eigenvalue weighted by Gasteiger charge is -2.40. The molecule has 3 rings (SSSR count). The molecule has 16 heavy (non-hydrogen) atoms. The Morgan fingerprint density at radius 3 is 3.12 bits per heavy atom. The van der Waals surface area contributed by atoms with Crippen molar-refractivity contribution in [2.24, 2.45) is 0 Å². The number of benzene rings is 1. The van der Waals surface area contributed by atoms with Crippen LogP contribution in [0.3, 0.4) is 0 Å². The molecule has 0 amide bonds. The van der Waals surface area contributed by atoms with Crippen molar-refractivity contribution in [3.8, 4) is 0 Å². The van der Waals surface area contributed by atoms with Crippen LogP contribution in [0.15, 0.2) is 24.3 Å². The average molecular weight is 216 g/mol. The van der Waals surface area contributed by atoms with Crippen LogP contribution in [0.1, 0.15) is 24.8 Å². The van der Waals surface area contributed by atoms with Crippen LogP contribution in [0.5, 0.6) is 0 Å². The summed E-state index contributed by atoms with van der Waals surface area (Å²) in [6, 6.07) is 10.4. The lowest BCUT2D eigenvalue weighted by atomic mass is 10.1. The predicted octanol–water partition coefficient (Wildman–Crippen LogP) is 2.33. The Hall–Kier alpha value is -1.02. The second kappa shape index (κ2) is 4.10. The number of aryl methyl sites for hydroxylation is 1. The van der Waals surface area contributed by atoms with Crippen LogP contribution >= 0.6 is 0 Å². The van der Waals surface area contributed by atoms with Gasteiger partial charge in [-0.3, -0.25) is 0 Å². The maximum absolute atomic E-state index is 3.65. The molecule has 2 fully saturated rings. The fourth-order valence-electron chi connectivity index (χ4n) is 3.22. The molecule has 2 heteroatoms. The lowest BCUT2D eigenvalue weighted by molar-refractivity contribution is 0.404. The summed E-state index contributed by atoms with van der Waals surface area (Å²) in [5.74, 6) is 0. The van der Waals surface area contributed by atoms with E-state index in [0.29, 0.717) is 0 Å². The molecule has 1 aliphatic heterocycles. The normalized spacial score (nSPS) is 29.2. The number of hydrogen-bond donors (Lipinski definition) is 1. The summed E-state index contributed by atoms with van der Waals surface area (Å²) in [6.07, 6.45) is 4.09. The minimum Gasteiger partial charge on any atom is -0.366 e. The van der Waals surface area contributed by atoms with Crippen LogP contribution in [0.4, 0.5) is 5.69 Å². The smallest absolute Gasteiger partial charge is 0.0443 e. The Morgan fingerprint density at radius 2 is 2.25 bits per heavy atom. The average Bonchev–Trinajstić information content (AvgIpc) is 2.76. The SMILES string of the molecule is Cc1cccc(N2CCN[C@@H]3CCC[C@H]32)c1. The summed E-state index contributed by atoms with van der Waals surface area (Å²) in [7, 11) is 0. The van der Waals surface area contributed by atoms with Gasteiger partial charge in [0.1, 0.15) is 0 Å². The van der Waals surface area contributed by atoms with Gasteiger partial charge >= 0.3 is 0 Å². The van der Waals surface area contributed by atoms with Crippen molar-refractivity contribution in [1.29, 1.82) is 0 Å². The zero-order valence-electron chi connectivity index (χ0n) is 9.95. The summed E-state index contributed by atoms with van der Waals surface area (Å²) < 4.78 is 0. The summed E-state index contributed by atoms with van der Waals surface area (Å²) in [5, 5.41) is 3.65. The minimum atomic E-state index is 0.731. The number of hydrogen-bond acceptors (Lipinski definition) is 2. The highest BCUT2D eigenvalue weighted by Crippen LogP contribution is 2.30. The molecule has 0 spiro atoms. The number of fused-ring (bicyclic) bond motifs is 1. The first kappa shape index (κ1) is 10.2. The van der Waals surface area contributed by atoms with Crippen molar-refractivity contribution < 1.29 is 0 Å². The van der Waals surface area contributed by atoms with E-state index in [-0.39, 0.29) is 0 Å². The molecular formula is C14H20N2. The first-order valence-corrected chi connectivity index (χ1v) is 6.41. The molecule has 1 N–H and O–H groups in total. The molecule has 0 radical (unpaired) electrons. The van der Waals surface area contributed by atoms with E-state index in [1.807, 2.05) is 0 Å². The summed E-state index contributed by atoms with van der Waals surface area (Å²) in [4.78, 5) is 2.61. The van der Waals surface area contributed by atoms with Gasteiger partial charge in [0.2, 0.25) is 0 Å². The molecule has 1 saturated carbocycles. The van der Waals surface area contributed by atoms with E-state index >= 15 is 0 Å². The van der Waals surface area contributed by atoms with Gasteiger partial charge in [0.25, 0.3) is 0 Å². The van der Waals surface area contributed by atoms with E-state index in [2.05, 4.69) is 41.4 Å². The molecular weight excluding hydrogens is 196 g/mol. The van der Waals surface area contributed by atoms with Crippen LogP contribution in [-0.4, -0.2) is 25.2 Å².